The molecule has 41 heavy (non-hydrogen) atoms. The third-order valence-electron chi connectivity index (χ3n) is 9.47. The van der Waals surface area contributed by atoms with Gasteiger partial charge in [0.2, 0.25) is 0 Å². The van der Waals surface area contributed by atoms with Crippen LogP contribution < -0.4 is 32.9 Å². The summed E-state index contributed by atoms with van der Waals surface area (Å²) in [4.78, 5) is 0. The van der Waals surface area contributed by atoms with E-state index in [0.29, 0.717) is 0 Å². The number of rotatable bonds is 10. The molecule has 4 aromatic carbocycles. The van der Waals surface area contributed by atoms with E-state index in [-0.39, 0.29) is 27.8 Å². The Labute approximate surface area is 261 Å². The van der Waals surface area contributed by atoms with Crippen molar-refractivity contribution in [3.63, 3.8) is 0 Å². The van der Waals surface area contributed by atoms with E-state index in [0.717, 1.165) is 6.16 Å². The summed E-state index contributed by atoms with van der Waals surface area (Å²) in [6.07, 6.45) is 9.95. The van der Waals surface area contributed by atoms with Gasteiger partial charge < -0.3 is 17.0 Å². The Hall–Kier alpha value is -2.21. The first kappa shape index (κ1) is 31.7. The molecule has 4 aromatic rings. The first-order valence-electron chi connectivity index (χ1n) is 15.5. The van der Waals surface area contributed by atoms with Gasteiger partial charge in [0.1, 0.15) is 23.2 Å². The van der Waals surface area contributed by atoms with Crippen LogP contribution in [-0.4, -0.2) is 0 Å². The van der Waals surface area contributed by atoms with Crippen LogP contribution >= 0.6 is 7.26 Å². The van der Waals surface area contributed by atoms with Gasteiger partial charge in [0.05, 0.1) is 6.16 Å². The van der Waals surface area contributed by atoms with Gasteiger partial charge in [-0.05, 0) is 95.2 Å². The number of halogens is 1. The van der Waals surface area contributed by atoms with Gasteiger partial charge in [-0.15, -0.1) is 0 Å². The zero-order chi connectivity index (χ0) is 28.2. The molecule has 0 saturated carbocycles. The first-order chi connectivity index (χ1) is 19.3. The second kappa shape index (κ2) is 13.4. The fourth-order valence-electron chi connectivity index (χ4n) is 6.85. The minimum absolute atomic E-state index is 0. The largest absolute Gasteiger partial charge is 1.00 e. The molecule has 0 saturated heterocycles. The topological polar surface area (TPSA) is 0 Å². The van der Waals surface area contributed by atoms with E-state index in [1.165, 1.54) is 60.9 Å². The lowest BCUT2D eigenvalue weighted by Gasteiger charge is -2.42. The van der Waals surface area contributed by atoms with Crippen LogP contribution in [0, 0.1) is 0 Å². The van der Waals surface area contributed by atoms with Crippen LogP contribution in [0.2, 0.25) is 0 Å². The maximum Gasteiger partial charge on any atom is 0.116 e. The van der Waals surface area contributed by atoms with Gasteiger partial charge >= 0.3 is 0 Å². The van der Waals surface area contributed by atoms with Crippen molar-refractivity contribution < 1.29 is 17.0 Å². The number of hydrogen-bond donors (Lipinski definition) is 0. The molecule has 0 fully saturated rings. The van der Waals surface area contributed by atoms with Crippen molar-refractivity contribution in [3.8, 4) is 0 Å². The Morgan fingerprint density at radius 2 is 0.976 bits per heavy atom. The van der Waals surface area contributed by atoms with E-state index >= 15 is 0 Å². The number of aryl methyl sites for hydroxylation is 1. The summed E-state index contributed by atoms with van der Waals surface area (Å²) in [7, 11) is -1.96. The number of hydrogen-bond acceptors (Lipinski definition) is 0. The third-order valence-corrected chi connectivity index (χ3v) is 13.8. The molecule has 0 aromatic heterocycles. The smallest absolute Gasteiger partial charge is 0.116 e. The van der Waals surface area contributed by atoms with Crippen molar-refractivity contribution in [2.75, 3.05) is 0 Å². The molecule has 0 unspecified atom stereocenters. The predicted octanol–water partition coefficient (Wildman–Crippen LogP) is 6.66. The average Bonchev–Trinajstić information content (AvgIpc) is 2.98. The van der Waals surface area contributed by atoms with Gasteiger partial charge in [-0.3, -0.25) is 0 Å². The SMILES string of the molecule is CCCCCCc1cc2c(cc1C[P+](c1ccccc1)(c1ccccc1)c1ccccc1)C(C)(C)CCC2(C)C.[Br-]. The average molecular weight is 628 g/mol. The zero-order valence-electron chi connectivity index (χ0n) is 25.8. The fourth-order valence-corrected chi connectivity index (χ4v) is 11.1. The molecule has 0 atom stereocenters. The van der Waals surface area contributed by atoms with E-state index in [9.17, 15) is 0 Å². The Kier molecular flexibility index (Phi) is 10.4. The third kappa shape index (κ3) is 6.58. The maximum atomic E-state index is 2.68. The van der Waals surface area contributed by atoms with Gasteiger partial charge in [0, 0.05) is 0 Å². The molecule has 0 spiro atoms. The highest BCUT2D eigenvalue weighted by molar-refractivity contribution is 7.95. The Morgan fingerprint density at radius 1 is 0.561 bits per heavy atom. The summed E-state index contributed by atoms with van der Waals surface area (Å²) >= 11 is 0. The lowest BCUT2D eigenvalue weighted by Crippen LogP contribution is -3.00. The minimum Gasteiger partial charge on any atom is -1.00 e. The highest BCUT2D eigenvalue weighted by Crippen LogP contribution is 2.59. The lowest BCUT2D eigenvalue weighted by atomic mass is 9.62. The normalized spacial score (nSPS) is 15.5. The summed E-state index contributed by atoms with van der Waals surface area (Å²) in [6, 6.07) is 39.6. The van der Waals surface area contributed by atoms with Crippen LogP contribution in [0.15, 0.2) is 103 Å². The molecular formula is C39H48BrP. The molecule has 0 nitrogen and oxygen atoms in total. The fraction of sp³-hybridized carbons (Fsp3) is 0.385. The second-order valence-corrected chi connectivity index (χ2v) is 16.7. The summed E-state index contributed by atoms with van der Waals surface area (Å²) < 4.78 is 0. The molecule has 216 valence electrons. The standard InChI is InChI=1S/C39H48P.BrH/c1-6-7-8-12-19-31-28-36-37(39(4,5)27-26-38(36,2)3)29-32(31)30-40(33-20-13-9-14-21-33,34-22-15-10-16-23-34)35-24-17-11-18-25-35;/h9-11,13-18,20-25,28-29H,6-8,12,19,26-27,30H2,1-5H3;1H/q+1;/p-1. The van der Waals surface area contributed by atoms with Crippen LogP contribution in [0.4, 0.5) is 0 Å². The van der Waals surface area contributed by atoms with E-state index in [2.05, 4.69) is 138 Å². The summed E-state index contributed by atoms with van der Waals surface area (Å²) in [6.45, 7) is 12.2. The molecule has 0 bridgehead atoms. The molecule has 0 radical (unpaired) electrons. The van der Waals surface area contributed by atoms with Gasteiger partial charge in [0.15, 0.2) is 0 Å². The highest BCUT2D eigenvalue weighted by atomic mass is 79.9. The molecule has 2 heteroatoms. The van der Waals surface area contributed by atoms with Crippen LogP contribution in [0.3, 0.4) is 0 Å². The molecular weight excluding hydrogens is 579 g/mol. The molecule has 1 aliphatic carbocycles. The van der Waals surface area contributed by atoms with Crippen LogP contribution in [0.1, 0.15) is 95.4 Å². The second-order valence-electron chi connectivity index (χ2n) is 13.2. The highest BCUT2D eigenvalue weighted by Gasteiger charge is 2.46. The van der Waals surface area contributed by atoms with Crippen molar-refractivity contribution in [2.45, 2.75) is 96.6 Å². The molecule has 0 N–H and O–H groups in total. The first-order valence-corrected chi connectivity index (χ1v) is 17.5. The van der Waals surface area contributed by atoms with Crippen molar-refractivity contribution in [1.29, 1.82) is 0 Å². The van der Waals surface area contributed by atoms with Crippen LogP contribution in [-0.2, 0) is 23.4 Å². The number of unbranched alkanes of at least 4 members (excludes halogenated alkanes) is 3. The summed E-state index contributed by atoms with van der Waals surface area (Å²) in [5.41, 5.74) is 6.78. The van der Waals surface area contributed by atoms with Crippen molar-refractivity contribution in [1.82, 2.24) is 0 Å². The Bertz CT molecular complexity index is 1290. The Morgan fingerprint density at radius 3 is 1.39 bits per heavy atom. The lowest BCUT2D eigenvalue weighted by molar-refractivity contribution is -0.00000862. The van der Waals surface area contributed by atoms with Gasteiger partial charge in [-0.1, -0.05) is 121 Å². The summed E-state index contributed by atoms with van der Waals surface area (Å²) in [5.74, 6) is 0. The van der Waals surface area contributed by atoms with Crippen molar-refractivity contribution in [2.24, 2.45) is 0 Å². The van der Waals surface area contributed by atoms with Crippen LogP contribution in [0.25, 0.3) is 0 Å². The maximum absolute atomic E-state index is 2.68. The van der Waals surface area contributed by atoms with Crippen molar-refractivity contribution in [3.05, 3.63) is 125 Å². The number of fused-ring (bicyclic) bond motifs is 1. The Balaban J connectivity index is 0.00000387. The van der Waals surface area contributed by atoms with Gasteiger partial charge in [-0.2, -0.15) is 0 Å². The summed E-state index contributed by atoms with van der Waals surface area (Å²) in [5, 5.41) is 4.42. The molecule has 1 aliphatic rings. The predicted molar refractivity (Wildman–Crippen MR) is 178 cm³/mol. The molecule has 0 heterocycles. The van der Waals surface area contributed by atoms with E-state index < -0.39 is 7.26 Å². The quantitative estimate of drug-likeness (QED) is 0.136. The minimum atomic E-state index is -1.96. The van der Waals surface area contributed by atoms with Crippen molar-refractivity contribution >= 4 is 23.2 Å². The van der Waals surface area contributed by atoms with Gasteiger partial charge in [0.25, 0.3) is 0 Å². The number of benzene rings is 4. The molecule has 5 rings (SSSR count). The van der Waals surface area contributed by atoms with E-state index in [1.807, 2.05) is 0 Å². The van der Waals surface area contributed by atoms with Gasteiger partial charge in [-0.25, -0.2) is 0 Å². The van der Waals surface area contributed by atoms with Crippen LogP contribution in [0.5, 0.6) is 0 Å². The monoisotopic (exact) mass is 626 g/mol. The van der Waals surface area contributed by atoms with E-state index in [1.54, 1.807) is 22.3 Å². The zero-order valence-corrected chi connectivity index (χ0v) is 28.3. The molecule has 0 amide bonds. The molecule has 0 aliphatic heterocycles. The van der Waals surface area contributed by atoms with E-state index in [4.69, 9.17) is 0 Å².